The Morgan fingerprint density at radius 2 is 2.62 bits per heavy atom. The van der Waals surface area contributed by atoms with Crippen molar-refractivity contribution in [3.8, 4) is 0 Å². The number of nitrogens with one attached hydrogen (secondary N) is 2. The predicted molar refractivity (Wildman–Crippen MR) is 62.8 cm³/mol. The number of hydrogen-bond donors (Lipinski definition) is 2. The minimum Gasteiger partial charge on any atom is -0.376 e. The van der Waals surface area contributed by atoms with Crippen molar-refractivity contribution in [3.63, 3.8) is 0 Å². The Bertz CT molecular complexity index is 361. The summed E-state index contributed by atoms with van der Waals surface area (Å²) in [6, 6.07) is -0.218. The zero-order valence-corrected chi connectivity index (χ0v) is 9.97. The van der Waals surface area contributed by atoms with E-state index in [1.165, 1.54) is 11.3 Å². The molecule has 0 saturated carbocycles. The number of ether oxygens (including phenoxy) is 1. The molecule has 1 aromatic heterocycles. The Labute approximate surface area is 98.2 Å². The molecule has 6 heteroatoms. The largest absolute Gasteiger partial charge is 0.376 e. The summed E-state index contributed by atoms with van der Waals surface area (Å²) < 4.78 is 5.40. The molecule has 0 spiro atoms. The van der Waals surface area contributed by atoms with Crippen LogP contribution in [0.15, 0.2) is 6.20 Å². The van der Waals surface area contributed by atoms with Gasteiger partial charge in [0.25, 0.3) is 0 Å². The van der Waals surface area contributed by atoms with Crippen molar-refractivity contribution in [1.29, 1.82) is 0 Å². The van der Waals surface area contributed by atoms with Crippen LogP contribution in [0.4, 0.5) is 9.93 Å². The van der Waals surface area contributed by atoms with Crippen LogP contribution < -0.4 is 10.6 Å². The lowest BCUT2D eigenvalue weighted by Crippen LogP contribution is -2.34. The van der Waals surface area contributed by atoms with Gasteiger partial charge in [0.05, 0.1) is 6.10 Å². The molecule has 16 heavy (non-hydrogen) atoms. The molecular formula is C10H15N3O2S. The van der Waals surface area contributed by atoms with Crippen LogP contribution in [0, 0.1) is 6.92 Å². The van der Waals surface area contributed by atoms with Gasteiger partial charge in [0.1, 0.15) is 0 Å². The number of hydrogen-bond acceptors (Lipinski definition) is 4. The number of amides is 2. The summed E-state index contributed by atoms with van der Waals surface area (Å²) in [4.78, 5) is 16.6. The SMILES string of the molecule is Cc1cnc(NC(=O)NCC2CCCO2)s1. The molecule has 0 radical (unpaired) electrons. The molecule has 1 unspecified atom stereocenters. The number of nitrogens with zero attached hydrogens (tertiary/aromatic N) is 1. The van der Waals surface area contributed by atoms with Crippen molar-refractivity contribution in [1.82, 2.24) is 10.3 Å². The highest BCUT2D eigenvalue weighted by atomic mass is 32.1. The van der Waals surface area contributed by atoms with Crippen molar-refractivity contribution in [2.75, 3.05) is 18.5 Å². The number of urea groups is 1. The molecule has 1 atom stereocenters. The number of carbonyl (C=O) groups excluding carboxylic acids is 1. The fourth-order valence-electron chi connectivity index (χ4n) is 1.57. The summed E-state index contributed by atoms with van der Waals surface area (Å²) in [7, 11) is 0. The van der Waals surface area contributed by atoms with Crippen molar-refractivity contribution in [2.24, 2.45) is 0 Å². The van der Waals surface area contributed by atoms with Gasteiger partial charge in [-0.15, -0.1) is 11.3 Å². The third kappa shape index (κ3) is 3.18. The predicted octanol–water partition coefficient (Wildman–Crippen LogP) is 1.75. The van der Waals surface area contributed by atoms with Crippen molar-refractivity contribution in [3.05, 3.63) is 11.1 Å². The molecule has 1 saturated heterocycles. The minimum atomic E-state index is -0.218. The molecular weight excluding hydrogens is 226 g/mol. The van der Waals surface area contributed by atoms with Gasteiger partial charge in [-0.25, -0.2) is 9.78 Å². The lowest BCUT2D eigenvalue weighted by atomic mass is 10.2. The van der Waals surface area contributed by atoms with Crippen LogP contribution in [0.5, 0.6) is 0 Å². The van der Waals surface area contributed by atoms with Gasteiger partial charge >= 0.3 is 6.03 Å². The van der Waals surface area contributed by atoms with E-state index in [4.69, 9.17) is 4.74 Å². The second kappa shape index (κ2) is 5.27. The second-order valence-corrected chi connectivity index (χ2v) is 4.98. The Hall–Kier alpha value is -1.14. The zero-order chi connectivity index (χ0) is 11.4. The highest BCUT2D eigenvalue weighted by molar-refractivity contribution is 7.15. The highest BCUT2D eigenvalue weighted by Gasteiger charge is 2.16. The van der Waals surface area contributed by atoms with Crippen LogP contribution >= 0.6 is 11.3 Å². The van der Waals surface area contributed by atoms with E-state index in [2.05, 4.69) is 15.6 Å². The van der Waals surface area contributed by atoms with Gasteiger partial charge in [0, 0.05) is 24.2 Å². The van der Waals surface area contributed by atoms with Crippen LogP contribution in [0.25, 0.3) is 0 Å². The summed E-state index contributed by atoms with van der Waals surface area (Å²) in [5.41, 5.74) is 0. The second-order valence-electron chi connectivity index (χ2n) is 3.75. The van der Waals surface area contributed by atoms with Crippen LogP contribution in [-0.4, -0.2) is 30.3 Å². The van der Waals surface area contributed by atoms with E-state index in [0.717, 1.165) is 24.3 Å². The molecule has 2 amide bonds. The maximum Gasteiger partial charge on any atom is 0.321 e. The molecule has 2 N–H and O–H groups in total. The zero-order valence-electron chi connectivity index (χ0n) is 9.16. The van der Waals surface area contributed by atoms with Gasteiger partial charge < -0.3 is 10.1 Å². The fraction of sp³-hybridized carbons (Fsp3) is 0.600. The number of thiazole rings is 1. The van der Waals surface area contributed by atoms with Gasteiger partial charge in [0.2, 0.25) is 0 Å². The number of rotatable bonds is 3. The Kier molecular flexibility index (Phi) is 3.74. The first-order chi connectivity index (χ1) is 7.74. The average Bonchev–Trinajstić information content (AvgIpc) is 2.87. The molecule has 1 aromatic rings. The molecule has 0 aliphatic carbocycles. The quantitative estimate of drug-likeness (QED) is 0.847. The lowest BCUT2D eigenvalue weighted by Gasteiger charge is -2.10. The van der Waals surface area contributed by atoms with Gasteiger partial charge in [-0.1, -0.05) is 0 Å². The standard InChI is InChI=1S/C10H15N3O2S/c1-7-5-12-10(16-7)13-9(14)11-6-8-3-2-4-15-8/h5,8H,2-4,6H2,1H3,(H2,11,12,13,14). The molecule has 5 nitrogen and oxygen atoms in total. The maximum absolute atomic E-state index is 11.5. The molecule has 1 aliphatic rings. The number of aromatic nitrogens is 1. The molecule has 88 valence electrons. The van der Waals surface area contributed by atoms with Crippen LogP contribution in [0.3, 0.4) is 0 Å². The fourth-order valence-corrected chi connectivity index (χ4v) is 2.23. The van der Waals surface area contributed by atoms with Crippen LogP contribution in [0.1, 0.15) is 17.7 Å². The first kappa shape index (κ1) is 11.3. The maximum atomic E-state index is 11.5. The van der Waals surface area contributed by atoms with E-state index in [-0.39, 0.29) is 12.1 Å². The Balaban J connectivity index is 1.71. The third-order valence-electron chi connectivity index (χ3n) is 2.36. The minimum absolute atomic E-state index is 0.170. The molecule has 1 fully saturated rings. The van der Waals surface area contributed by atoms with Gasteiger partial charge in [0.15, 0.2) is 5.13 Å². The van der Waals surface area contributed by atoms with Gasteiger partial charge in [-0.3, -0.25) is 5.32 Å². The summed E-state index contributed by atoms with van der Waals surface area (Å²) in [6.45, 7) is 3.32. The van der Waals surface area contributed by atoms with Crippen molar-refractivity contribution >= 4 is 22.5 Å². The monoisotopic (exact) mass is 241 g/mol. The van der Waals surface area contributed by atoms with Crippen molar-refractivity contribution in [2.45, 2.75) is 25.9 Å². The van der Waals surface area contributed by atoms with E-state index in [1.54, 1.807) is 6.20 Å². The van der Waals surface area contributed by atoms with E-state index in [0.29, 0.717) is 11.7 Å². The number of carbonyl (C=O) groups is 1. The first-order valence-corrected chi connectivity index (χ1v) is 6.14. The van der Waals surface area contributed by atoms with E-state index in [9.17, 15) is 4.79 Å². The van der Waals surface area contributed by atoms with Crippen LogP contribution in [0.2, 0.25) is 0 Å². The van der Waals surface area contributed by atoms with Gasteiger partial charge in [-0.2, -0.15) is 0 Å². The number of anilines is 1. The average molecular weight is 241 g/mol. The van der Waals surface area contributed by atoms with Crippen molar-refractivity contribution < 1.29 is 9.53 Å². The highest BCUT2D eigenvalue weighted by Crippen LogP contribution is 2.16. The molecule has 1 aliphatic heterocycles. The topological polar surface area (TPSA) is 63.2 Å². The smallest absolute Gasteiger partial charge is 0.321 e. The Morgan fingerprint density at radius 1 is 1.75 bits per heavy atom. The summed E-state index contributed by atoms with van der Waals surface area (Å²) in [5.74, 6) is 0. The van der Waals surface area contributed by atoms with E-state index in [1.807, 2.05) is 6.92 Å². The summed E-state index contributed by atoms with van der Waals surface area (Å²) in [5, 5.41) is 6.09. The van der Waals surface area contributed by atoms with Crippen LogP contribution in [-0.2, 0) is 4.74 Å². The normalized spacial score (nSPS) is 19.7. The lowest BCUT2D eigenvalue weighted by molar-refractivity contribution is 0.112. The number of aryl methyl sites for hydroxylation is 1. The van der Waals surface area contributed by atoms with E-state index >= 15 is 0 Å². The molecule has 2 rings (SSSR count). The summed E-state index contributed by atoms with van der Waals surface area (Å²) in [6.07, 6.45) is 4.01. The van der Waals surface area contributed by atoms with Gasteiger partial charge in [-0.05, 0) is 19.8 Å². The van der Waals surface area contributed by atoms with E-state index < -0.39 is 0 Å². The molecule has 0 bridgehead atoms. The Morgan fingerprint density at radius 3 is 3.25 bits per heavy atom. The third-order valence-corrected chi connectivity index (χ3v) is 3.18. The summed E-state index contributed by atoms with van der Waals surface area (Å²) >= 11 is 1.46. The first-order valence-electron chi connectivity index (χ1n) is 5.33. The molecule has 0 aromatic carbocycles. The molecule has 2 heterocycles.